The second kappa shape index (κ2) is 8.58. The molecule has 2 aromatic rings. The van der Waals surface area contributed by atoms with E-state index in [4.69, 9.17) is 4.52 Å². The molecular formula is C19H27N5O5S2. The van der Waals surface area contributed by atoms with E-state index in [9.17, 15) is 16.8 Å². The zero-order valence-corrected chi connectivity index (χ0v) is 19.3. The van der Waals surface area contributed by atoms with Crippen molar-refractivity contribution in [2.24, 2.45) is 0 Å². The minimum Gasteiger partial charge on any atom is -0.339 e. The number of sulfonamides is 2. The lowest BCUT2D eigenvalue weighted by Crippen LogP contribution is -2.46. The fourth-order valence-electron chi connectivity index (χ4n) is 3.92. The first-order valence-electron chi connectivity index (χ1n) is 10.2. The third-order valence-electron chi connectivity index (χ3n) is 5.86. The molecule has 2 aliphatic heterocycles. The minimum absolute atomic E-state index is 0.151. The number of aromatic nitrogens is 2. The Morgan fingerprint density at radius 3 is 2.29 bits per heavy atom. The van der Waals surface area contributed by atoms with E-state index in [1.807, 2.05) is 7.05 Å². The largest absolute Gasteiger partial charge is 0.339 e. The van der Waals surface area contributed by atoms with Crippen molar-refractivity contribution in [1.82, 2.24) is 23.7 Å². The maximum atomic E-state index is 12.9. The van der Waals surface area contributed by atoms with Gasteiger partial charge in [-0.1, -0.05) is 5.16 Å². The van der Waals surface area contributed by atoms with Crippen molar-refractivity contribution < 1.29 is 21.4 Å². The van der Waals surface area contributed by atoms with Crippen LogP contribution in [-0.4, -0.2) is 93.1 Å². The van der Waals surface area contributed by atoms with E-state index < -0.39 is 20.0 Å². The highest BCUT2D eigenvalue weighted by Gasteiger charge is 2.31. The normalized spacial score (nSPS) is 22.6. The Morgan fingerprint density at radius 2 is 1.65 bits per heavy atom. The number of hydrogen-bond acceptors (Lipinski definition) is 8. The zero-order chi connectivity index (χ0) is 22.2. The molecule has 170 valence electrons. The maximum Gasteiger partial charge on any atom is 0.243 e. The average molecular weight is 470 g/mol. The van der Waals surface area contributed by atoms with E-state index in [-0.39, 0.29) is 10.8 Å². The number of nitrogens with zero attached hydrogens (tertiary/aromatic N) is 5. The summed E-state index contributed by atoms with van der Waals surface area (Å²) < 4.78 is 57.8. The molecular weight excluding hydrogens is 442 g/mol. The summed E-state index contributed by atoms with van der Waals surface area (Å²) in [5, 5.41) is 4.02. The van der Waals surface area contributed by atoms with E-state index in [0.29, 0.717) is 56.5 Å². The molecule has 4 rings (SSSR count). The highest BCUT2D eigenvalue weighted by atomic mass is 32.2. The van der Waals surface area contributed by atoms with Crippen molar-refractivity contribution in [2.45, 2.75) is 23.7 Å². The summed E-state index contributed by atoms with van der Waals surface area (Å²) in [6.45, 7) is 3.19. The van der Waals surface area contributed by atoms with Gasteiger partial charge in [0.15, 0.2) is 0 Å². The standard InChI is InChI=1S/C19H27N5O5S2/c1-22-10-12-23(13-11-22)31(27,28)17-7-5-15(6-8-17)18-20-19(29-21-18)16-4-3-9-24(14-16)30(2,25)26/h5-8,16H,3-4,9-14H2,1-2H3/t16-/m1/s1. The van der Waals surface area contributed by atoms with Crippen LogP contribution in [0.3, 0.4) is 0 Å². The van der Waals surface area contributed by atoms with Gasteiger partial charge >= 0.3 is 0 Å². The van der Waals surface area contributed by atoms with Gasteiger partial charge in [-0.25, -0.2) is 21.1 Å². The van der Waals surface area contributed by atoms with E-state index in [1.165, 1.54) is 14.9 Å². The molecule has 0 bridgehead atoms. The molecule has 2 saturated heterocycles. The van der Waals surface area contributed by atoms with Gasteiger partial charge in [-0.2, -0.15) is 9.29 Å². The van der Waals surface area contributed by atoms with E-state index >= 15 is 0 Å². The molecule has 0 radical (unpaired) electrons. The predicted octanol–water partition coefficient (Wildman–Crippen LogP) is 0.812. The SMILES string of the molecule is CN1CCN(S(=O)(=O)c2ccc(-c3noc([C@@H]4CCCN(S(C)(=O)=O)C4)n3)cc2)CC1. The zero-order valence-electron chi connectivity index (χ0n) is 17.6. The van der Waals surface area contributed by atoms with Gasteiger partial charge in [-0.3, -0.25) is 0 Å². The lowest BCUT2D eigenvalue weighted by atomic mass is 10.00. The van der Waals surface area contributed by atoms with Gasteiger partial charge in [-0.15, -0.1) is 0 Å². The van der Waals surface area contributed by atoms with Crippen LogP contribution in [-0.2, 0) is 20.0 Å². The van der Waals surface area contributed by atoms with Crippen LogP contribution >= 0.6 is 0 Å². The summed E-state index contributed by atoms with van der Waals surface area (Å²) in [4.78, 5) is 6.78. The molecule has 10 nitrogen and oxygen atoms in total. The molecule has 2 fully saturated rings. The molecule has 31 heavy (non-hydrogen) atoms. The van der Waals surface area contributed by atoms with Gasteiger partial charge in [0.25, 0.3) is 0 Å². The first-order valence-corrected chi connectivity index (χ1v) is 13.5. The molecule has 3 heterocycles. The van der Waals surface area contributed by atoms with Gasteiger partial charge in [0.05, 0.1) is 17.1 Å². The Bertz CT molecular complexity index is 1120. The van der Waals surface area contributed by atoms with Gasteiger partial charge in [0.1, 0.15) is 0 Å². The molecule has 0 aliphatic carbocycles. The Morgan fingerprint density at radius 1 is 0.968 bits per heavy atom. The smallest absolute Gasteiger partial charge is 0.243 e. The summed E-state index contributed by atoms with van der Waals surface area (Å²) in [5.41, 5.74) is 0.642. The van der Waals surface area contributed by atoms with E-state index in [2.05, 4.69) is 15.0 Å². The van der Waals surface area contributed by atoms with E-state index in [0.717, 1.165) is 12.8 Å². The molecule has 1 aromatic carbocycles. The van der Waals surface area contributed by atoms with Crippen molar-refractivity contribution >= 4 is 20.0 Å². The fourth-order valence-corrected chi connectivity index (χ4v) is 6.25. The van der Waals surface area contributed by atoms with Crippen LogP contribution in [0, 0.1) is 0 Å². The van der Waals surface area contributed by atoms with Gasteiger partial charge in [-0.05, 0) is 44.2 Å². The molecule has 0 spiro atoms. The fraction of sp³-hybridized carbons (Fsp3) is 0.579. The van der Waals surface area contributed by atoms with Crippen LogP contribution in [0.4, 0.5) is 0 Å². The van der Waals surface area contributed by atoms with Crippen LogP contribution in [0.2, 0.25) is 0 Å². The second-order valence-corrected chi connectivity index (χ2v) is 12.1. The lowest BCUT2D eigenvalue weighted by molar-refractivity contribution is 0.222. The summed E-state index contributed by atoms with van der Waals surface area (Å²) in [6.07, 6.45) is 2.70. The number of rotatable bonds is 5. The predicted molar refractivity (Wildman–Crippen MR) is 114 cm³/mol. The Hall–Kier alpha value is -1.86. The highest BCUT2D eigenvalue weighted by molar-refractivity contribution is 7.89. The average Bonchev–Trinajstić information content (AvgIpc) is 3.24. The quantitative estimate of drug-likeness (QED) is 0.632. The summed E-state index contributed by atoms with van der Waals surface area (Å²) in [7, 11) is -4.82. The van der Waals surface area contributed by atoms with E-state index in [1.54, 1.807) is 24.3 Å². The Balaban J connectivity index is 1.48. The number of hydrogen-bond donors (Lipinski definition) is 0. The van der Waals surface area contributed by atoms with Gasteiger partial charge in [0.2, 0.25) is 31.8 Å². The number of piperazine rings is 1. The van der Waals surface area contributed by atoms with Crippen molar-refractivity contribution in [3.8, 4) is 11.4 Å². The van der Waals surface area contributed by atoms with Crippen molar-refractivity contribution in [2.75, 3.05) is 52.6 Å². The second-order valence-electron chi connectivity index (χ2n) is 8.15. The molecule has 0 N–H and O–H groups in total. The maximum absolute atomic E-state index is 12.9. The monoisotopic (exact) mass is 469 g/mol. The highest BCUT2D eigenvalue weighted by Crippen LogP contribution is 2.29. The van der Waals surface area contributed by atoms with Crippen LogP contribution in [0.5, 0.6) is 0 Å². The minimum atomic E-state index is -3.54. The first kappa shape index (κ1) is 22.3. The van der Waals surface area contributed by atoms with Crippen LogP contribution in [0.1, 0.15) is 24.7 Å². The molecule has 0 amide bonds. The number of benzene rings is 1. The molecule has 0 unspecified atom stereocenters. The van der Waals surface area contributed by atoms with Crippen LogP contribution in [0.15, 0.2) is 33.7 Å². The van der Waals surface area contributed by atoms with Crippen LogP contribution < -0.4 is 0 Å². The Kier molecular flexibility index (Phi) is 6.19. The summed E-state index contributed by atoms with van der Waals surface area (Å²) >= 11 is 0. The van der Waals surface area contributed by atoms with Crippen LogP contribution in [0.25, 0.3) is 11.4 Å². The molecule has 12 heteroatoms. The summed E-state index contributed by atoms with van der Waals surface area (Å²) in [6, 6.07) is 6.46. The van der Waals surface area contributed by atoms with Crippen molar-refractivity contribution in [3.63, 3.8) is 0 Å². The molecule has 1 aromatic heterocycles. The van der Waals surface area contributed by atoms with Crippen molar-refractivity contribution in [3.05, 3.63) is 30.2 Å². The topological polar surface area (TPSA) is 117 Å². The first-order chi connectivity index (χ1) is 14.6. The summed E-state index contributed by atoms with van der Waals surface area (Å²) in [5.74, 6) is 0.606. The molecule has 1 atom stereocenters. The van der Waals surface area contributed by atoms with Gasteiger partial charge < -0.3 is 9.42 Å². The molecule has 0 saturated carbocycles. The Labute approximate surface area is 182 Å². The number of piperidine rings is 1. The van der Waals surface area contributed by atoms with Gasteiger partial charge in [0, 0.05) is 44.8 Å². The third kappa shape index (κ3) is 4.82. The third-order valence-corrected chi connectivity index (χ3v) is 9.04. The van der Waals surface area contributed by atoms with Crippen molar-refractivity contribution in [1.29, 1.82) is 0 Å². The lowest BCUT2D eigenvalue weighted by Gasteiger charge is -2.31. The number of likely N-dealkylation sites (N-methyl/N-ethyl adjacent to an activating group) is 1. The molecule has 2 aliphatic rings.